The van der Waals surface area contributed by atoms with Crippen LogP contribution in [0.4, 0.5) is 0 Å². The number of amides is 1. The second-order valence-electron chi connectivity index (χ2n) is 6.44. The van der Waals surface area contributed by atoms with Gasteiger partial charge in [0, 0.05) is 19.0 Å². The van der Waals surface area contributed by atoms with Gasteiger partial charge in [0.2, 0.25) is 5.91 Å². The standard InChI is InChI=1S/C14H28N2O/c1-11(14(2,3)4)13(17)16-8-6-7-12(10-16)9-15-5/h11-12,15H,6-10H2,1-5H3. The third kappa shape index (κ3) is 3.98. The van der Waals surface area contributed by atoms with Crippen molar-refractivity contribution in [2.45, 2.75) is 40.5 Å². The maximum absolute atomic E-state index is 12.4. The molecule has 0 aromatic carbocycles. The van der Waals surface area contributed by atoms with Gasteiger partial charge in [0.1, 0.15) is 0 Å². The largest absolute Gasteiger partial charge is 0.342 e. The fourth-order valence-corrected chi connectivity index (χ4v) is 2.36. The Kier molecular flexibility index (Phi) is 4.99. The van der Waals surface area contributed by atoms with Gasteiger partial charge in [0.05, 0.1) is 0 Å². The smallest absolute Gasteiger partial charge is 0.225 e. The Morgan fingerprint density at radius 3 is 2.65 bits per heavy atom. The molecule has 1 aliphatic rings. The summed E-state index contributed by atoms with van der Waals surface area (Å²) in [6.07, 6.45) is 2.39. The van der Waals surface area contributed by atoms with Crippen molar-refractivity contribution in [3.8, 4) is 0 Å². The lowest BCUT2D eigenvalue weighted by Gasteiger charge is -2.37. The summed E-state index contributed by atoms with van der Waals surface area (Å²) in [6, 6.07) is 0. The Balaban J connectivity index is 2.57. The molecule has 2 unspecified atom stereocenters. The third-order valence-electron chi connectivity index (χ3n) is 3.99. The summed E-state index contributed by atoms with van der Waals surface area (Å²) in [7, 11) is 1.98. The molecule has 2 atom stereocenters. The average molecular weight is 240 g/mol. The van der Waals surface area contributed by atoms with Crippen LogP contribution in [-0.2, 0) is 4.79 Å². The lowest BCUT2D eigenvalue weighted by atomic mass is 9.80. The van der Waals surface area contributed by atoms with E-state index in [9.17, 15) is 4.79 Å². The van der Waals surface area contributed by atoms with Crippen molar-refractivity contribution >= 4 is 5.91 Å². The highest BCUT2D eigenvalue weighted by Crippen LogP contribution is 2.28. The summed E-state index contributed by atoms with van der Waals surface area (Å²) in [4.78, 5) is 14.5. The average Bonchev–Trinajstić information content (AvgIpc) is 2.27. The first kappa shape index (κ1) is 14.5. The molecule has 1 rings (SSSR count). The number of rotatable bonds is 3. The normalized spacial score (nSPS) is 23.6. The van der Waals surface area contributed by atoms with Gasteiger partial charge < -0.3 is 10.2 Å². The SMILES string of the molecule is CNCC1CCCN(C(=O)C(C)C(C)(C)C)C1. The van der Waals surface area contributed by atoms with E-state index in [4.69, 9.17) is 0 Å². The molecular weight excluding hydrogens is 212 g/mol. The Morgan fingerprint density at radius 2 is 2.12 bits per heavy atom. The summed E-state index contributed by atoms with van der Waals surface area (Å²) in [6.45, 7) is 11.4. The van der Waals surface area contributed by atoms with Crippen LogP contribution in [0.5, 0.6) is 0 Å². The van der Waals surface area contributed by atoms with E-state index in [0.29, 0.717) is 11.8 Å². The Hall–Kier alpha value is -0.570. The molecule has 3 heteroatoms. The van der Waals surface area contributed by atoms with Gasteiger partial charge in [-0.3, -0.25) is 4.79 Å². The summed E-state index contributed by atoms with van der Waals surface area (Å²) >= 11 is 0. The quantitative estimate of drug-likeness (QED) is 0.819. The van der Waals surface area contributed by atoms with Crippen molar-refractivity contribution in [2.75, 3.05) is 26.7 Å². The number of hydrogen-bond donors (Lipinski definition) is 1. The first-order chi connectivity index (χ1) is 7.86. The number of piperidine rings is 1. The molecule has 0 aromatic heterocycles. The molecule has 0 aliphatic carbocycles. The Bertz CT molecular complexity index is 255. The minimum Gasteiger partial charge on any atom is -0.342 e. The second-order valence-corrected chi connectivity index (χ2v) is 6.44. The molecule has 1 saturated heterocycles. The highest BCUT2D eigenvalue weighted by Gasteiger charge is 2.32. The van der Waals surface area contributed by atoms with E-state index < -0.39 is 0 Å². The van der Waals surface area contributed by atoms with Gasteiger partial charge in [-0.1, -0.05) is 27.7 Å². The number of carbonyl (C=O) groups is 1. The van der Waals surface area contributed by atoms with Crippen LogP contribution in [-0.4, -0.2) is 37.5 Å². The monoisotopic (exact) mass is 240 g/mol. The summed E-state index contributed by atoms with van der Waals surface area (Å²) < 4.78 is 0. The zero-order valence-electron chi connectivity index (χ0n) is 12.0. The minimum atomic E-state index is 0.0625. The Labute approximate surface area is 106 Å². The predicted molar refractivity (Wildman–Crippen MR) is 71.8 cm³/mol. The molecule has 17 heavy (non-hydrogen) atoms. The highest BCUT2D eigenvalue weighted by atomic mass is 16.2. The molecule has 1 fully saturated rings. The molecule has 0 radical (unpaired) electrons. The van der Waals surface area contributed by atoms with E-state index in [1.54, 1.807) is 0 Å². The number of likely N-dealkylation sites (tertiary alicyclic amines) is 1. The van der Waals surface area contributed by atoms with Crippen LogP contribution in [0.25, 0.3) is 0 Å². The van der Waals surface area contributed by atoms with Gasteiger partial charge in [-0.25, -0.2) is 0 Å². The molecule has 1 N–H and O–H groups in total. The lowest BCUT2D eigenvalue weighted by molar-refractivity contribution is -0.140. The van der Waals surface area contributed by atoms with Crippen molar-refractivity contribution in [3.05, 3.63) is 0 Å². The van der Waals surface area contributed by atoms with E-state index in [0.717, 1.165) is 26.1 Å². The molecule has 0 saturated carbocycles. The second kappa shape index (κ2) is 5.85. The van der Waals surface area contributed by atoms with E-state index >= 15 is 0 Å². The van der Waals surface area contributed by atoms with Crippen LogP contribution in [0, 0.1) is 17.3 Å². The van der Waals surface area contributed by atoms with Crippen LogP contribution >= 0.6 is 0 Å². The molecule has 100 valence electrons. The van der Waals surface area contributed by atoms with E-state index in [1.165, 1.54) is 6.42 Å². The summed E-state index contributed by atoms with van der Waals surface area (Å²) in [5, 5.41) is 3.22. The van der Waals surface area contributed by atoms with Crippen LogP contribution < -0.4 is 5.32 Å². The van der Waals surface area contributed by atoms with Gasteiger partial charge in [-0.15, -0.1) is 0 Å². The van der Waals surface area contributed by atoms with Gasteiger partial charge in [-0.05, 0) is 37.8 Å². The molecule has 1 aliphatic heterocycles. The van der Waals surface area contributed by atoms with E-state index in [-0.39, 0.29) is 11.3 Å². The van der Waals surface area contributed by atoms with Crippen molar-refractivity contribution in [1.82, 2.24) is 10.2 Å². The molecule has 0 aromatic rings. The third-order valence-corrected chi connectivity index (χ3v) is 3.99. The molecular formula is C14H28N2O. The fraction of sp³-hybridized carbons (Fsp3) is 0.929. The molecule has 1 heterocycles. The lowest BCUT2D eigenvalue weighted by Crippen LogP contribution is -2.46. The van der Waals surface area contributed by atoms with Crippen LogP contribution in [0.1, 0.15) is 40.5 Å². The van der Waals surface area contributed by atoms with Crippen molar-refractivity contribution < 1.29 is 4.79 Å². The first-order valence-corrected chi connectivity index (χ1v) is 6.79. The van der Waals surface area contributed by atoms with Crippen LogP contribution in [0.15, 0.2) is 0 Å². The number of nitrogens with one attached hydrogen (secondary N) is 1. The topological polar surface area (TPSA) is 32.3 Å². The van der Waals surface area contributed by atoms with Gasteiger partial charge in [-0.2, -0.15) is 0 Å². The van der Waals surface area contributed by atoms with E-state index in [2.05, 4.69) is 37.9 Å². The molecule has 1 amide bonds. The van der Waals surface area contributed by atoms with Crippen molar-refractivity contribution in [3.63, 3.8) is 0 Å². The zero-order valence-corrected chi connectivity index (χ0v) is 12.0. The Morgan fingerprint density at radius 1 is 1.47 bits per heavy atom. The predicted octanol–water partition coefficient (Wildman–Crippen LogP) is 2.13. The fourth-order valence-electron chi connectivity index (χ4n) is 2.36. The number of carbonyl (C=O) groups excluding carboxylic acids is 1. The van der Waals surface area contributed by atoms with Crippen molar-refractivity contribution in [1.29, 1.82) is 0 Å². The van der Waals surface area contributed by atoms with Crippen LogP contribution in [0.3, 0.4) is 0 Å². The van der Waals surface area contributed by atoms with Crippen molar-refractivity contribution in [2.24, 2.45) is 17.3 Å². The maximum atomic E-state index is 12.4. The van der Waals surface area contributed by atoms with Gasteiger partial charge in [0.25, 0.3) is 0 Å². The molecule has 0 spiro atoms. The zero-order chi connectivity index (χ0) is 13.1. The minimum absolute atomic E-state index is 0.0625. The number of hydrogen-bond acceptors (Lipinski definition) is 2. The summed E-state index contributed by atoms with van der Waals surface area (Å²) in [5.41, 5.74) is 0.0625. The molecule has 3 nitrogen and oxygen atoms in total. The molecule has 0 bridgehead atoms. The van der Waals surface area contributed by atoms with Gasteiger partial charge >= 0.3 is 0 Å². The number of nitrogens with zero attached hydrogens (tertiary/aromatic N) is 1. The summed E-state index contributed by atoms with van der Waals surface area (Å²) in [5.74, 6) is 1.07. The van der Waals surface area contributed by atoms with Crippen LogP contribution in [0.2, 0.25) is 0 Å². The van der Waals surface area contributed by atoms with E-state index in [1.807, 2.05) is 7.05 Å². The highest BCUT2D eigenvalue weighted by molar-refractivity contribution is 5.79. The maximum Gasteiger partial charge on any atom is 0.225 e. The first-order valence-electron chi connectivity index (χ1n) is 6.79. The van der Waals surface area contributed by atoms with Gasteiger partial charge in [0.15, 0.2) is 0 Å².